The average Bonchev–Trinajstić information content (AvgIpc) is 2.82. The summed E-state index contributed by atoms with van der Waals surface area (Å²) in [6.07, 6.45) is 3.29. The van der Waals surface area contributed by atoms with Crippen LogP contribution in [-0.2, 0) is 0 Å². The summed E-state index contributed by atoms with van der Waals surface area (Å²) in [4.78, 5) is 13.6. The van der Waals surface area contributed by atoms with Crippen LogP contribution in [0.25, 0.3) is 21.0 Å². The number of thiazole rings is 1. The molecule has 0 spiro atoms. The molecule has 0 atom stereocenters. The molecule has 2 heterocycles. The van der Waals surface area contributed by atoms with Crippen molar-refractivity contribution in [3.8, 4) is 16.3 Å². The van der Waals surface area contributed by atoms with Crippen LogP contribution in [-0.4, -0.2) is 22.1 Å². The van der Waals surface area contributed by atoms with Gasteiger partial charge in [-0.25, -0.2) is 15.0 Å². The van der Waals surface area contributed by atoms with Gasteiger partial charge in [-0.15, -0.1) is 0 Å². The van der Waals surface area contributed by atoms with Crippen molar-refractivity contribution in [2.24, 2.45) is 0 Å². The Labute approximate surface area is 107 Å². The molecule has 0 aliphatic carbocycles. The maximum absolute atomic E-state index is 5.88. The normalized spacial score (nSPS) is 10.7. The quantitative estimate of drug-likeness (QED) is 0.714. The molecule has 18 heavy (non-hydrogen) atoms. The van der Waals surface area contributed by atoms with E-state index >= 15 is 0 Å². The predicted molar refractivity (Wildman–Crippen MR) is 71.6 cm³/mol. The number of hydrogen-bond donors (Lipinski definition) is 1. The van der Waals surface area contributed by atoms with Crippen LogP contribution >= 0.6 is 11.3 Å². The Morgan fingerprint density at radius 3 is 2.78 bits per heavy atom. The second-order valence-electron chi connectivity index (χ2n) is 3.66. The second kappa shape index (κ2) is 4.23. The van der Waals surface area contributed by atoms with Gasteiger partial charge in [0.15, 0.2) is 10.5 Å². The number of benzene rings is 1. The highest BCUT2D eigenvalue weighted by atomic mass is 32.1. The molecule has 3 rings (SSSR count). The molecule has 1 aromatic carbocycles. The van der Waals surface area contributed by atoms with Crippen LogP contribution in [0.15, 0.2) is 30.6 Å². The lowest BCUT2D eigenvalue weighted by atomic mass is 10.2. The van der Waals surface area contributed by atoms with Crippen LogP contribution in [0.4, 0.5) is 5.69 Å². The first-order valence-corrected chi connectivity index (χ1v) is 6.11. The lowest BCUT2D eigenvalue weighted by Crippen LogP contribution is -1.92. The topological polar surface area (TPSA) is 73.9 Å². The Kier molecular flexibility index (Phi) is 2.56. The fourth-order valence-electron chi connectivity index (χ4n) is 1.67. The monoisotopic (exact) mass is 258 g/mol. The van der Waals surface area contributed by atoms with Crippen molar-refractivity contribution in [1.29, 1.82) is 0 Å². The summed E-state index contributed by atoms with van der Waals surface area (Å²) in [6, 6.07) is 5.60. The summed E-state index contributed by atoms with van der Waals surface area (Å²) < 4.78 is 5.13. The minimum Gasteiger partial charge on any atom is -0.495 e. The highest BCUT2D eigenvalue weighted by Gasteiger charge is 2.09. The van der Waals surface area contributed by atoms with E-state index in [0.29, 0.717) is 17.1 Å². The first-order chi connectivity index (χ1) is 8.78. The number of nitrogens with zero attached hydrogens (tertiary/aromatic N) is 3. The third-order valence-electron chi connectivity index (χ3n) is 2.52. The van der Waals surface area contributed by atoms with Gasteiger partial charge in [0.1, 0.15) is 10.8 Å². The van der Waals surface area contributed by atoms with Crippen LogP contribution in [0.3, 0.4) is 0 Å². The second-order valence-corrected chi connectivity index (χ2v) is 4.64. The molecular formula is C12H10N4OS. The zero-order chi connectivity index (χ0) is 12.5. The highest BCUT2D eigenvalue weighted by Crippen LogP contribution is 2.32. The van der Waals surface area contributed by atoms with Crippen molar-refractivity contribution in [3.05, 3.63) is 30.6 Å². The Morgan fingerprint density at radius 1 is 1.22 bits per heavy atom. The lowest BCUT2D eigenvalue weighted by Gasteiger charge is -2.04. The fraction of sp³-hybridized carbons (Fsp3) is 0.0833. The van der Waals surface area contributed by atoms with E-state index in [1.807, 2.05) is 18.2 Å². The number of nitrogens with two attached hydrogens (primary N) is 1. The predicted octanol–water partition coefficient (Wildman–Crippen LogP) is 2.34. The van der Waals surface area contributed by atoms with Gasteiger partial charge < -0.3 is 10.5 Å². The number of aromatic nitrogens is 3. The third-order valence-corrected chi connectivity index (χ3v) is 3.53. The molecule has 0 fully saturated rings. The van der Waals surface area contributed by atoms with Gasteiger partial charge in [0, 0.05) is 18.0 Å². The summed E-state index contributed by atoms with van der Waals surface area (Å²) >= 11 is 1.49. The Hall–Kier alpha value is -2.21. The number of nitrogen functional groups attached to an aromatic ring is 1. The maximum atomic E-state index is 5.88. The molecule has 0 radical (unpaired) electrons. The van der Waals surface area contributed by atoms with Gasteiger partial charge in [-0.2, -0.15) is 0 Å². The number of ether oxygens (including phenoxy) is 1. The van der Waals surface area contributed by atoms with E-state index in [2.05, 4.69) is 15.0 Å². The molecule has 0 saturated carbocycles. The van der Waals surface area contributed by atoms with E-state index in [1.54, 1.807) is 19.5 Å². The standard InChI is InChI=1S/C12H10N4OS/c1-17-9-3-2-7(6-8(9)13)11-16-10-12(18-11)15-5-4-14-10/h2-6H,13H2,1H3. The number of hydrogen-bond acceptors (Lipinski definition) is 6. The minimum atomic E-state index is 0.593. The minimum absolute atomic E-state index is 0.593. The van der Waals surface area contributed by atoms with Gasteiger partial charge in [-0.05, 0) is 18.2 Å². The van der Waals surface area contributed by atoms with E-state index < -0.39 is 0 Å². The molecule has 5 nitrogen and oxygen atoms in total. The van der Waals surface area contributed by atoms with Gasteiger partial charge >= 0.3 is 0 Å². The van der Waals surface area contributed by atoms with E-state index in [0.717, 1.165) is 15.4 Å². The smallest absolute Gasteiger partial charge is 0.190 e. The maximum Gasteiger partial charge on any atom is 0.190 e. The van der Waals surface area contributed by atoms with Crippen molar-refractivity contribution in [2.75, 3.05) is 12.8 Å². The summed E-state index contributed by atoms with van der Waals surface area (Å²) in [5.41, 5.74) is 8.08. The number of anilines is 1. The number of methoxy groups -OCH3 is 1. The average molecular weight is 258 g/mol. The lowest BCUT2D eigenvalue weighted by molar-refractivity contribution is 0.417. The fourth-order valence-corrected chi connectivity index (χ4v) is 2.53. The summed E-state index contributed by atoms with van der Waals surface area (Å²) in [5, 5.41) is 0.852. The summed E-state index contributed by atoms with van der Waals surface area (Å²) in [5.74, 6) is 0.663. The van der Waals surface area contributed by atoms with E-state index in [-0.39, 0.29) is 0 Å². The summed E-state index contributed by atoms with van der Waals surface area (Å²) in [6.45, 7) is 0. The molecule has 3 aromatic rings. The number of fused-ring (bicyclic) bond motifs is 1. The third kappa shape index (κ3) is 1.76. The molecule has 2 N–H and O–H groups in total. The molecular weight excluding hydrogens is 248 g/mol. The summed E-state index contributed by atoms with van der Waals surface area (Å²) in [7, 11) is 1.59. The first kappa shape index (κ1) is 10.9. The van der Waals surface area contributed by atoms with Gasteiger partial charge in [-0.3, -0.25) is 0 Å². The van der Waals surface area contributed by atoms with Crippen molar-refractivity contribution in [3.63, 3.8) is 0 Å². The molecule has 90 valence electrons. The van der Waals surface area contributed by atoms with Gasteiger partial charge in [0.2, 0.25) is 0 Å². The Bertz CT molecular complexity index is 677. The van der Waals surface area contributed by atoms with Crippen LogP contribution in [0.5, 0.6) is 5.75 Å². The molecule has 0 amide bonds. The number of rotatable bonds is 2. The first-order valence-electron chi connectivity index (χ1n) is 5.29. The Balaban J connectivity index is 2.11. The van der Waals surface area contributed by atoms with Gasteiger partial charge in [0.05, 0.1) is 12.8 Å². The zero-order valence-corrected chi connectivity index (χ0v) is 10.4. The van der Waals surface area contributed by atoms with Crippen LogP contribution in [0.1, 0.15) is 0 Å². The van der Waals surface area contributed by atoms with E-state index in [1.165, 1.54) is 11.3 Å². The SMILES string of the molecule is COc1ccc(-c2nc3nccnc3s2)cc1N. The van der Waals surface area contributed by atoms with Crippen LogP contribution < -0.4 is 10.5 Å². The van der Waals surface area contributed by atoms with Crippen molar-refractivity contribution < 1.29 is 4.74 Å². The zero-order valence-electron chi connectivity index (χ0n) is 9.62. The van der Waals surface area contributed by atoms with Crippen molar-refractivity contribution >= 4 is 27.5 Å². The van der Waals surface area contributed by atoms with Crippen LogP contribution in [0.2, 0.25) is 0 Å². The van der Waals surface area contributed by atoms with E-state index in [9.17, 15) is 0 Å². The molecule has 0 unspecified atom stereocenters. The molecule has 0 aliphatic rings. The van der Waals surface area contributed by atoms with E-state index in [4.69, 9.17) is 10.5 Å². The molecule has 0 aliphatic heterocycles. The molecule has 0 bridgehead atoms. The van der Waals surface area contributed by atoms with Gasteiger partial charge in [-0.1, -0.05) is 11.3 Å². The van der Waals surface area contributed by atoms with Gasteiger partial charge in [0.25, 0.3) is 0 Å². The molecule has 0 saturated heterocycles. The molecule has 6 heteroatoms. The van der Waals surface area contributed by atoms with Crippen LogP contribution in [0, 0.1) is 0 Å². The van der Waals surface area contributed by atoms with Crippen molar-refractivity contribution in [2.45, 2.75) is 0 Å². The molecule has 2 aromatic heterocycles. The highest BCUT2D eigenvalue weighted by molar-refractivity contribution is 7.21. The largest absolute Gasteiger partial charge is 0.495 e. The Morgan fingerprint density at radius 2 is 2.06 bits per heavy atom. The van der Waals surface area contributed by atoms with Crippen molar-refractivity contribution in [1.82, 2.24) is 15.0 Å².